The Bertz CT molecular complexity index is 849. The number of rotatable bonds is 1. The fourth-order valence-corrected chi connectivity index (χ4v) is 2.08. The maximum absolute atomic E-state index is 12.4. The van der Waals surface area contributed by atoms with Gasteiger partial charge >= 0.3 is 0 Å². The molecule has 0 fully saturated rings. The number of benzene rings is 2. The second-order valence-corrected chi connectivity index (χ2v) is 4.32. The van der Waals surface area contributed by atoms with E-state index in [0.717, 1.165) is 0 Å². The molecule has 4 nitrogen and oxygen atoms in total. The smallest absolute Gasteiger partial charge is 0.221 e. The Balaban J connectivity index is 2.33. The van der Waals surface area contributed by atoms with Gasteiger partial charge in [-0.2, -0.15) is 0 Å². The molecule has 0 aliphatic rings. The molecule has 0 atom stereocenters. The first kappa shape index (κ1) is 11.5. The molecule has 2 aromatic carbocycles. The van der Waals surface area contributed by atoms with Gasteiger partial charge < -0.3 is 9.73 Å². The summed E-state index contributed by atoms with van der Waals surface area (Å²) in [5.41, 5.74) is 1.57. The first-order chi connectivity index (χ1) is 9.15. The van der Waals surface area contributed by atoms with Crippen molar-refractivity contribution in [1.82, 2.24) is 0 Å². The molecular weight excluding hydrogens is 242 g/mol. The van der Waals surface area contributed by atoms with E-state index in [-0.39, 0.29) is 11.3 Å². The molecule has 0 radical (unpaired) electrons. The van der Waals surface area contributed by atoms with Crippen LogP contribution in [0.5, 0.6) is 0 Å². The van der Waals surface area contributed by atoms with Crippen LogP contribution in [-0.4, -0.2) is 5.91 Å². The number of anilines is 1. The van der Waals surface area contributed by atoms with Gasteiger partial charge in [-0.15, -0.1) is 0 Å². The lowest BCUT2D eigenvalue weighted by Gasteiger charge is -2.04. The topological polar surface area (TPSA) is 59.3 Å². The van der Waals surface area contributed by atoms with Crippen molar-refractivity contribution in [2.75, 3.05) is 5.32 Å². The van der Waals surface area contributed by atoms with Crippen molar-refractivity contribution >= 4 is 33.5 Å². The van der Waals surface area contributed by atoms with Crippen molar-refractivity contribution < 1.29 is 9.21 Å². The molecule has 0 bridgehead atoms. The molecule has 3 rings (SSSR count). The van der Waals surface area contributed by atoms with Gasteiger partial charge in [-0.05, 0) is 30.3 Å². The second-order valence-electron chi connectivity index (χ2n) is 4.32. The maximum atomic E-state index is 12.4. The highest BCUT2D eigenvalue weighted by molar-refractivity contribution is 5.94. The average Bonchev–Trinajstić information content (AvgIpc) is 2.39. The van der Waals surface area contributed by atoms with Gasteiger partial charge in [0.2, 0.25) is 11.3 Å². The van der Waals surface area contributed by atoms with Crippen LogP contribution in [0, 0.1) is 0 Å². The van der Waals surface area contributed by atoms with Crippen LogP contribution in [0.15, 0.2) is 51.7 Å². The Kier molecular flexibility index (Phi) is 2.56. The van der Waals surface area contributed by atoms with Gasteiger partial charge in [0.15, 0.2) is 0 Å². The summed E-state index contributed by atoms with van der Waals surface area (Å²) in [6.45, 7) is 1.42. The first-order valence-electron chi connectivity index (χ1n) is 5.88. The minimum atomic E-state index is -0.176. The minimum absolute atomic E-state index is 0.0935. The van der Waals surface area contributed by atoms with Crippen molar-refractivity contribution in [3.63, 3.8) is 0 Å². The highest BCUT2D eigenvalue weighted by atomic mass is 16.3. The molecule has 1 N–H and O–H groups in total. The SMILES string of the molecule is CC(=O)Nc1ccc2oc3ccccc3c(=O)c2c1. The van der Waals surface area contributed by atoms with Crippen LogP contribution in [0.4, 0.5) is 5.69 Å². The van der Waals surface area contributed by atoms with Crippen LogP contribution in [0.3, 0.4) is 0 Å². The molecule has 0 unspecified atom stereocenters. The van der Waals surface area contributed by atoms with Gasteiger partial charge in [-0.1, -0.05) is 12.1 Å². The van der Waals surface area contributed by atoms with Crippen LogP contribution < -0.4 is 10.7 Å². The molecule has 94 valence electrons. The lowest BCUT2D eigenvalue weighted by atomic mass is 10.1. The van der Waals surface area contributed by atoms with E-state index in [1.165, 1.54) is 6.92 Å². The van der Waals surface area contributed by atoms with Crippen LogP contribution in [0.1, 0.15) is 6.92 Å². The Morgan fingerprint density at radius 1 is 1.05 bits per heavy atom. The van der Waals surface area contributed by atoms with E-state index >= 15 is 0 Å². The number of amides is 1. The molecule has 1 aromatic heterocycles. The molecule has 0 aliphatic carbocycles. The van der Waals surface area contributed by atoms with E-state index in [9.17, 15) is 9.59 Å². The van der Waals surface area contributed by atoms with Crippen molar-refractivity contribution in [2.24, 2.45) is 0 Å². The van der Waals surface area contributed by atoms with Crippen LogP contribution >= 0.6 is 0 Å². The lowest BCUT2D eigenvalue weighted by Crippen LogP contribution is -2.07. The molecule has 0 saturated heterocycles. The summed E-state index contributed by atoms with van der Waals surface area (Å²) < 4.78 is 5.67. The van der Waals surface area contributed by atoms with E-state index in [2.05, 4.69) is 5.32 Å². The largest absolute Gasteiger partial charge is 0.456 e. The van der Waals surface area contributed by atoms with E-state index in [1.54, 1.807) is 36.4 Å². The predicted molar refractivity (Wildman–Crippen MR) is 74.3 cm³/mol. The van der Waals surface area contributed by atoms with Gasteiger partial charge in [0.25, 0.3) is 0 Å². The molecule has 1 heterocycles. The predicted octanol–water partition coefficient (Wildman–Crippen LogP) is 2.90. The number of carbonyl (C=O) groups is 1. The second kappa shape index (κ2) is 4.24. The third kappa shape index (κ3) is 1.97. The van der Waals surface area contributed by atoms with E-state index < -0.39 is 0 Å². The summed E-state index contributed by atoms with van der Waals surface area (Å²) in [5, 5.41) is 3.65. The average molecular weight is 253 g/mol. The lowest BCUT2D eigenvalue weighted by molar-refractivity contribution is -0.114. The van der Waals surface area contributed by atoms with Crippen LogP contribution in [-0.2, 0) is 4.79 Å². The number of fused-ring (bicyclic) bond motifs is 2. The summed E-state index contributed by atoms with van der Waals surface area (Å²) >= 11 is 0. The van der Waals surface area contributed by atoms with Gasteiger partial charge in [-0.25, -0.2) is 0 Å². The minimum Gasteiger partial charge on any atom is -0.456 e. The number of nitrogens with one attached hydrogen (secondary N) is 1. The zero-order valence-corrected chi connectivity index (χ0v) is 10.3. The van der Waals surface area contributed by atoms with Crippen molar-refractivity contribution in [1.29, 1.82) is 0 Å². The van der Waals surface area contributed by atoms with Gasteiger partial charge in [0.1, 0.15) is 11.2 Å². The molecule has 19 heavy (non-hydrogen) atoms. The quantitative estimate of drug-likeness (QED) is 0.678. The third-order valence-corrected chi connectivity index (χ3v) is 2.90. The van der Waals surface area contributed by atoms with Gasteiger partial charge in [-0.3, -0.25) is 9.59 Å². The van der Waals surface area contributed by atoms with Crippen molar-refractivity contribution in [2.45, 2.75) is 6.92 Å². The molecular formula is C15H11NO3. The highest BCUT2D eigenvalue weighted by Crippen LogP contribution is 2.21. The van der Waals surface area contributed by atoms with Crippen molar-refractivity contribution in [3.05, 3.63) is 52.7 Å². The number of carbonyl (C=O) groups excluding carboxylic acids is 1. The molecule has 0 spiro atoms. The summed E-state index contributed by atoms with van der Waals surface area (Å²) in [4.78, 5) is 23.4. The van der Waals surface area contributed by atoms with Gasteiger partial charge in [0.05, 0.1) is 10.8 Å². The van der Waals surface area contributed by atoms with Gasteiger partial charge in [0, 0.05) is 12.6 Å². The third-order valence-electron chi connectivity index (χ3n) is 2.90. The Labute approximate surface area is 108 Å². The fraction of sp³-hybridized carbons (Fsp3) is 0.0667. The summed E-state index contributed by atoms with van der Waals surface area (Å²) in [6.07, 6.45) is 0. The molecule has 0 aliphatic heterocycles. The molecule has 4 heteroatoms. The normalized spacial score (nSPS) is 10.8. The number of hydrogen-bond donors (Lipinski definition) is 1. The van der Waals surface area contributed by atoms with E-state index in [0.29, 0.717) is 27.6 Å². The van der Waals surface area contributed by atoms with E-state index in [1.807, 2.05) is 6.07 Å². The number of hydrogen-bond acceptors (Lipinski definition) is 3. The standard InChI is InChI=1S/C15H11NO3/c1-9(17)16-10-6-7-14-12(8-10)15(18)11-4-2-3-5-13(11)19-14/h2-8H,1H3,(H,16,17). The summed E-state index contributed by atoms with van der Waals surface area (Å²) in [7, 11) is 0. The Hall–Kier alpha value is -2.62. The zero-order chi connectivity index (χ0) is 13.4. The summed E-state index contributed by atoms with van der Waals surface area (Å²) in [6, 6.07) is 12.1. The van der Waals surface area contributed by atoms with Crippen LogP contribution in [0.25, 0.3) is 21.9 Å². The Morgan fingerprint density at radius 2 is 1.79 bits per heavy atom. The summed E-state index contributed by atoms with van der Waals surface area (Å²) in [5.74, 6) is -0.176. The fourth-order valence-electron chi connectivity index (χ4n) is 2.08. The number of para-hydroxylation sites is 1. The molecule has 3 aromatic rings. The monoisotopic (exact) mass is 253 g/mol. The molecule has 0 saturated carbocycles. The maximum Gasteiger partial charge on any atom is 0.221 e. The van der Waals surface area contributed by atoms with Crippen LogP contribution in [0.2, 0.25) is 0 Å². The van der Waals surface area contributed by atoms with E-state index in [4.69, 9.17) is 4.42 Å². The zero-order valence-electron chi connectivity index (χ0n) is 10.3. The highest BCUT2D eigenvalue weighted by Gasteiger charge is 2.08. The van der Waals surface area contributed by atoms with Crippen molar-refractivity contribution in [3.8, 4) is 0 Å². The Morgan fingerprint density at radius 3 is 2.58 bits per heavy atom. The first-order valence-corrected chi connectivity index (χ1v) is 5.88. The molecule has 1 amide bonds.